The second-order valence-corrected chi connectivity index (χ2v) is 5.10. The van der Waals surface area contributed by atoms with E-state index in [0.29, 0.717) is 22.6 Å². The first kappa shape index (κ1) is 14.9. The van der Waals surface area contributed by atoms with Gasteiger partial charge in [-0.25, -0.2) is 0 Å². The van der Waals surface area contributed by atoms with Gasteiger partial charge in [-0.2, -0.15) is 5.26 Å². The fourth-order valence-electron chi connectivity index (χ4n) is 1.90. The zero-order valence-corrected chi connectivity index (χ0v) is 12.3. The normalized spacial score (nSPS) is 9.95. The number of rotatable bonds is 4. The van der Waals surface area contributed by atoms with Crippen molar-refractivity contribution in [3.63, 3.8) is 0 Å². The Kier molecular flexibility index (Phi) is 4.45. The topological polar surface area (TPSA) is 76.2 Å². The first-order chi connectivity index (χ1) is 10.1. The summed E-state index contributed by atoms with van der Waals surface area (Å²) < 4.78 is 5.70. The number of nitriles is 1. The zero-order valence-electron chi connectivity index (χ0n) is 11.5. The number of benzene rings is 2. The summed E-state index contributed by atoms with van der Waals surface area (Å²) in [7, 11) is 0. The third kappa shape index (κ3) is 3.15. The summed E-state index contributed by atoms with van der Waals surface area (Å²) in [5, 5.41) is 20.0. The van der Waals surface area contributed by atoms with Gasteiger partial charge in [-0.3, -0.25) is 10.1 Å². The summed E-state index contributed by atoms with van der Waals surface area (Å²) in [4.78, 5) is 11.2. The Hall–Kier alpha value is -2.52. The summed E-state index contributed by atoms with van der Waals surface area (Å²) in [6, 6.07) is 12.0. The lowest BCUT2D eigenvalue weighted by molar-refractivity contribution is -0.385. The molecule has 0 radical (unpaired) electrons. The van der Waals surface area contributed by atoms with Gasteiger partial charge in [0.1, 0.15) is 23.1 Å². The van der Waals surface area contributed by atoms with Crippen molar-refractivity contribution in [1.82, 2.24) is 0 Å². The van der Waals surface area contributed by atoms with Gasteiger partial charge in [-0.05, 0) is 37.4 Å². The fourth-order valence-corrected chi connectivity index (χ4v) is 2.46. The smallest absolute Gasteiger partial charge is 0.272 e. The molecule has 2 aromatic rings. The maximum absolute atomic E-state index is 10.8. The van der Waals surface area contributed by atoms with Crippen molar-refractivity contribution in [3.05, 3.63) is 57.6 Å². The van der Waals surface area contributed by atoms with E-state index in [2.05, 4.69) is 6.07 Å². The molecule has 0 unspecified atom stereocenters. The zero-order chi connectivity index (χ0) is 15.4. The molecule has 2 rings (SSSR count). The van der Waals surface area contributed by atoms with Gasteiger partial charge in [0.15, 0.2) is 0 Å². The lowest BCUT2D eigenvalue weighted by atomic mass is 10.2. The van der Waals surface area contributed by atoms with Crippen molar-refractivity contribution < 1.29 is 9.66 Å². The van der Waals surface area contributed by atoms with Crippen LogP contribution in [-0.2, 0) is 0 Å². The SMILES string of the molecule is CSc1cccc(Oc2ccc([N+](=O)[O-])c(C)c2)c1C#N. The molecule has 0 bridgehead atoms. The molecule has 0 N–H and O–H groups in total. The third-order valence-corrected chi connectivity index (χ3v) is 3.69. The molecule has 2 aromatic carbocycles. The molecule has 0 aliphatic rings. The molecule has 0 saturated carbocycles. The average Bonchev–Trinajstić information content (AvgIpc) is 2.46. The summed E-state index contributed by atoms with van der Waals surface area (Å²) in [6.45, 7) is 1.65. The monoisotopic (exact) mass is 300 g/mol. The van der Waals surface area contributed by atoms with Gasteiger partial charge in [-0.1, -0.05) is 6.07 Å². The highest BCUT2D eigenvalue weighted by molar-refractivity contribution is 7.98. The van der Waals surface area contributed by atoms with Crippen molar-refractivity contribution in [3.8, 4) is 17.6 Å². The molecule has 5 nitrogen and oxygen atoms in total. The van der Waals surface area contributed by atoms with Gasteiger partial charge < -0.3 is 4.74 Å². The second kappa shape index (κ2) is 6.29. The minimum Gasteiger partial charge on any atom is -0.456 e. The molecule has 106 valence electrons. The van der Waals surface area contributed by atoms with Gasteiger partial charge in [-0.15, -0.1) is 11.8 Å². The number of nitro groups is 1. The van der Waals surface area contributed by atoms with Gasteiger partial charge >= 0.3 is 0 Å². The third-order valence-electron chi connectivity index (χ3n) is 2.91. The lowest BCUT2D eigenvalue weighted by Crippen LogP contribution is -1.94. The minimum atomic E-state index is -0.436. The van der Waals surface area contributed by atoms with E-state index in [1.807, 2.05) is 12.3 Å². The Balaban J connectivity index is 2.37. The highest BCUT2D eigenvalue weighted by Gasteiger charge is 2.13. The molecular formula is C15H12N2O3S. The minimum absolute atomic E-state index is 0.0423. The fraction of sp³-hybridized carbons (Fsp3) is 0.133. The largest absolute Gasteiger partial charge is 0.456 e. The highest BCUT2D eigenvalue weighted by Crippen LogP contribution is 2.32. The Bertz CT molecular complexity index is 738. The molecule has 21 heavy (non-hydrogen) atoms. The molecule has 0 atom stereocenters. The van der Waals surface area contributed by atoms with E-state index in [1.165, 1.54) is 23.9 Å². The van der Waals surface area contributed by atoms with Crippen LogP contribution >= 0.6 is 11.8 Å². The molecule has 0 aromatic heterocycles. The summed E-state index contributed by atoms with van der Waals surface area (Å²) in [5.74, 6) is 0.908. The number of ether oxygens (including phenoxy) is 1. The van der Waals surface area contributed by atoms with E-state index in [0.717, 1.165) is 4.90 Å². The molecular weight excluding hydrogens is 288 g/mol. The van der Waals surface area contributed by atoms with E-state index >= 15 is 0 Å². The summed E-state index contributed by atoms with van der Waals surface area (Å²) >= 11 is 1.46. The predicted molar refractivity (Wildman–Crippen MR) is 80.8 cm³/mol. The first-order valence-electron chi connectivity index (χ1n) is 6.07. The van der Waals surface area contributed by atoms with Crippen LogP contribution in [0, 0.1) is 28.4 Å². The van der Waals surface area contributed by atoms with Crippen molar-refractivity contribution in [1.29, 1.82) is 5.26 Å². The number of nitro benzene ring substituents is 1. The molecule has 0 spiro atoms. The van der Waals surface area contributed by atoms with E-state index in [9.17, 15) is 15.4 Å². The quantitative estimate of drug-likeness (QED) is 0.478. The van der Waals surface area contributed by atoms with Crippen molar-refractivity contribution in [2.45, 2.75) is 11.8 Å². The molecule has 0 amide bonds. The number of nitrogens with zero attached hydrogens (tertiary/aromatic N) is 2. The first-order valence-corrected chi connectivity index (χ1v) is 7.29. The van der Waals surface area contributed by atoms with Crippen LogP contribution in [0.3, 0.4) is 0 Å². The van der Waals surface area contributed by atoms with E-state index in [-0.39, 0.29) is 5.69 Å². The van der Waals surface area contributed by atoms with Crippen LogP contribution in [0.1, 0.15) is 11.1 Å². The van der Waals surface area contributed by atoms with Crippen LogP contribution in [-0.4, -0.2) is 11.2 Å². The van der Waals surface area contributed by atoms with Gasteiger partial charge in [0, 0.05) is 16.5 Å². The van der Waals surface area contributed by atoms with Gasteiger partial charge in [0.05, 0.1) is 4.92 Å². The number of hydrogen-bond acceptors (Lipinski definition) is 5. The Morgan fingerprint density at radius 1 is 1.33 bits per heavy atom. The Labute approximate surface area is 126 Å². The van der Waals surface area contributed by atoms with Crippen LogP contribution in [0.15, 0.2) is 41.3 Å². The van der Waals surface area contributed by atoms with Crippen LogP contribution < -0.4 is 4.74 Å². The van der Waals surface area contributed by atoms with Crippen molar-refractivity contribution in [2.24, 2.45) is 0 Å². The van der Waals surface area contributed by atoms with Crippen LogP contribution in [0.4, 0.5) is 5.69 Å². The van der Waals surface area contributed by atoms with Crippen LogP contribution in [0.5, 0.6) is 11.5 Å². The number of aryl methyl sites for hydroxylation is 1. The molecule has 0 fully saturated rings. The van der Waals surface area contributed by atoms with E-state index in [4.69, 9.17) is 4.74 Å². The van der Waals surface area contributed by atoms with Gasteiger partial charge in [0.25, 0.3) is 5.69 Å². The van der Waals surface area contributed by atoms with Crippen molar-refractivity contribution in [2.75, 3.05) is 6.26 Å². The highest BCUT2D eigenvalue weighted by atomic mass is 32.2. The molecule has 6 heteroatoms. The Morgan fingerprint density at radius 2 is 2.10 bits per heavy atom. The van der Waals surface area contributed by atoms with Crippen LogP contribution in [0.2, 0.25) is 0 Å². The maximum atomic E-state index is 10.8. The summed E-state index contributed by atoms with van der Waals surface area (Å²) in [6.07, 6.45) is 1.88. The molecule has 0 saturated heterocycles. The molecule has 0 heterocycles. The van der Waals surface area contributed by atoms with Crippen LogP contribution in [0.25, 0.3) is 0 Å². The van der Waals surface area contributed by atoms with E-state index in [1.54, 1.807) is 25.1 Å². The summed E-state index contributed by atoms with van der Waals surface area (Å²) in [5.41, 5.74) is 1.01. The maximum Gasteiger partial charge on any atom is 0.272 e. The number of hydrogen-bond donors (Lipinski definition) is 0. The van der Waals surface area contributed by atoms with Crippen molar-refractivity contribution >= 4 is 17.4 Å². The lowest BCUT2D eigenvalue weighted by Gasteiger charge is -2.10. The van der Waals surface area contributed by atoms with Gasteiger partial charge in [0.2, 0.25) is 0 Å². The van der Waals surface area contributed by atoms with E-state index < -0.39 is 4.92 Å². The predicted octanol–water partition coefficient (Wildman–Crippen LogP) is 4.29. The standard InChI is InChI=1S/C15H12N2O3S/c1-10-8-11(6-7-13(10)17(18)19)20-14-4-3-5-15(21-2)12(14)9-16/h3-8H,1-2H3. The Morgan fingerprint density at radius 3 is 2.67 bits per heavy atom. The second-order valence-electron chi connectivity index (χ2n) is 4.25. The average molecular weight is 300 g/mol. The molecule has 0 aliphatic carbocycles. The number of thioether (sulfide) groups is 1. The molecule has 0 aliphatic heterocycles.